The third kappa shape index (κ3) is 3.37. The van der Waals surface area contributed by atoms with Gasteiger partial charge in [0.2, 0.25) is 0 Å². The van der Waals surface area contributed by atoms with Gasteiger partial charge in [-0.1, -0.05) is 59.3 Å². The number of benzene rings is 2. The first-order valence-corrected chi connectivity index (χ1v) is 7.17. The summed E-state index contributed by atoms with van der Waals surface area (Å²) in [6.45, 7) is 2.71. The van der Waals surface area contributed by atoms with Gasteiger partial charge in [0.05, 0.1) is 6.61 Å². The highest BCUT2D eigenvalue weighted by Gasteiger charge is 2.17. The van der Waals surface area contributed by atoms with Crippen LogP contribution in [0.5, 0.6) is 5.75 Å². The fourth-order valence-corrected chi connectivity index (χ4v) is 2.42. The molecule has 0 radical (unpaired) electrons. The van der Waals surface area contributed by atoms with E-state index >= 15 is 0 Å². The van der Waals surface area contributed by atoms with Crippen LogP contribution in [0.15, 0.2) is 53.0 Å². The number of hydrogen-bond acceptors (Lipinski definition) is 2. The Balaban J connectivity index is 2.33. The number of halogens is 1. The molecule has 100 valence electrons. The normalized spacial score (nSPS) is 12.2. The Kier molecular flexibility index (Phi) is 5.00. The maximum atomic E-state index is 10.5. The van der Waals surface area contributed by atoms with Gasteiger partial charge in [-0.3, -0.25) is 0 Å². The van der Waals surface area contributed by atoms with Crippen molar-refractivity contribution < 1.29 is 9.84 Å². The monoisotopic (exact) mass is 320 g/mol. The Labute approximate surface area is 122 Å². The van der Waals surface area contributed by atoms with Crippen molar-refractivity contribution in [1.29, 1.82) is 0 Å². The van der Waals surface area contributed by atoms with Gasteiger partial charge in [0.1, 0.15) is 11.9 Å². The first kappa shape index (κ1) is 14.1. The molecular formula is C16H17BrO2. The molecule has 0 aromatic heterocycles. The third-order valence-corrected chi connectivity index (χ3v) is 3.60. The molecule has 2 aromatic rings. The van der Waals surface area contributed by atoms with Gasteiger partial charge in [0.15, 0.2) is 0 Å². The van der Waals surface area contributed by atoms with Crippen molar-refractivity contribution in [3.63, 3.8) is 0 Å². The molecule has 19 heavy (non-hydrogen) atoms. The van der Waals surface area contributed by atoms with Crippen LogP contribution in [0, 0.1) is 0 Å². The Morgan fingerprint density at radius 1 is 1.05 bits per heavy atom. The molecule has 0 fully saturated rings. The zero-order valence-corrected chi connectivity index (χ0v) is 12.4. The second kappa shape index (κ2) is 6.73. The molecule has 0 aliphatic carbocycles. The lowest BCUT2D eigenvalue weighted by Gasteiger charge is -2.17. The minimum Gasteiger partial charge on any atom is -0.493 e. The molecule has 0 spiro atoms. The highest BCUT2D eigenvalue weighted by Crippen LogP contribution is 2.33. The number of aliphatic hydroxyl groups is 1. The van der Waals surface area contributed by atoms with Crippen LogP contribution < -0.4 is 4.74 Å². The van der Waals surface area contributed by atoms with Crippen molar-refractivity contribution in [2.24, 2.45) is 0 Å². The average Bonchev–Trinajstić information content (AvgIpc) is 2.45. The smallest absolute Gasteiger partial charge is 0.125 e. The van der Waals surface area contributed by atoms with E-state index in [2.05, 4.69) is 22.9 Å². The Morgan fingerprint density at radius 3 is 2.37 bits per heavy atom. The van der Waals surface area contributed by atoms with E-state index in [-0.39, 0.29) is 0 Å². The van der Waals surface area contributed by atoms with E-state index in [1.165, 1.54) is 0 Å². The van der Waals surface area contributed by atoms with Gasteiger partial charge in [-0.15, -0.1) is 0 Å². The van der Waals surface area contributed by atoms with Crippen molar-refractivity contribution >= 4 is 15.9 Å². The van der Waals surface area contributed by atoms with E-state index < -0.39 is 6.10 Å². The molecule has 2 nitrogen and oxygen atoms in total. The van der Waals surface area contributed by atoms with Gasteiger partial charge in [-0.2, -0.15) is 0 Å². The summed E-state index contributed by atoms with van der Waals surface area (Å²) in [5.41, 5.74) is 1.64. The van der Waals surface area contributed by atoms with Crippen molar-refractivity contribution in [2.75, 3.05) is 6.61 Å². The summed E-state index contributed by atoms with van der Waals surface area (Å²) < 4.78 is 6.59. The lowest BCUT2D eigenvalue weighted by Crippen LogP contribution is -2.05. The molecule has 3 heteroatoms. The minimum absolute atomic E-state index is 0.652. The van der Waals surface area contributed by atoms with Crippen LogP contribution in [-0.2, 0) is 0 Å². The number of rotatable bonds is 5. The summed E-state index contributed by atoms with van der Waals surface area (Å²) in [5, 5.41) is 10.5. The fraction of sp³-hybridized carbons (Fsp3) is 0.250. The zero-order chi connectivity index (χ0) is 13.7. The van der Waals surface area contributed by atoms with Crippen molar-refractivity contribution in [2.45, 2.75) is 19.4 Å². The molecule has 0 aliphatic heterocycles. The van der Waals surface area contributed by atoms with E-state index in [1.807, 2.05) is 48.5 Å². The Bertz CT molecular complexity index is 540. The maximum absolute atomic E-state index is 10.5. The van der Waals surface area contributed by atoms with Gasteiger partial charge in [-0.25, -0.2) is 0 Å². The lowest BCUT2D eigenvalue weighted by atomic mass is 10.0. The van der Waals surface area contributed by atoms with Gasteiger partial charge in [0, 0.05) is 10.0 Å². The molecule has 1 atom stereocenters. The van der Waals surface area contributed by atoms with Crippen LogP contribution in [-0.4, -0.2) is 11.7 Å². The summed E-state index contributed by atoms with van der Waals surface area (Å²) in [5.74, 6) is 0.743. The maximum Gasteiger partial charge on any atom is 0.125 e. The summed E-state index contributed by atoms with van der Waals surface area (Å²) in [6, 6.07) is 15.3. The van der Waals surface area contributed by atoms with Gasteiger partial charge in [0.25, 0.3) is 0 Å². The molecule has 2 rings (SSSR count). The van der Waals surface area contributed by atoms with Crippen molar-refractivity contribution in [3.05, 3.63) is 64.1 Å². The van der Waals surface area contributed by atoms with Crippen molar-refractivity contribution in [1.82, 2.24) is 0 Å². The van der Waals surface area contributed by atoms with E-state index in [9.17, 15) is 5.11 Å². The molecule has 0 heterocycles. The molecule has 2 aromatic carbocycles. The Hall–Kier alpha value is -1.32. The van der Waals surface area contributed by atoms with Crippen LogP contribution in [0.2, 0.25) is 0 Å². The van der Waals surface area contributed by atoms with Crippen LogP contribution in [0.4, 0.5) is 0 Å². The number of aliphatic hydroxyl groups excluding tert-OH is 1. The number of para-hydroxylation sites is 1. The standard InChI is InChI=1S/C16H17BrO2/c1-2-11-19-15-10-6-4-8-13(15)16(18)12-7-3-5-9-14(12)17/h3-10,16,18H,2,11H2,1H3. The second-order valence-corrected chi connectivity index (χ2v) is 5.16. The van der Waals surface area contributed by atoms with Crippen molar-refractivity contribution in [3.8, 4) is 5.75 Å². The highest BCUT2D eigenvalue weighted by molar-refractivity contribution is 9.10. The molecule has 0 saturated heterocycles. The summed E-state index contributed by atoms with van der Waals surface area (Å²) in [4.78, 5) is 0. The lowest BCUT2D eigenvalue weighted by molar-refractivity contribution is 0.210. The topological polar surface area (TPSA) is 29.5 Å². The predicted octanol–water partition coefficient (Wildman–Crippen LogP) is 4.32. The van der Waals surface area contributed by atoms with E-state index in [0.29, 0.717) is 6.61 Å². The zero-order valence-electron chi connectivity index (χ0n) is 10.8. The SMILES string of the molecule is CCCOc1ccccc1C(O)c1ccccc1Br. The van der Waals surface area contributed by atoms with Gasteiger partial charge < -0.3 is 9.84 Å². The van der Waals surface area contributed by atoms with Crippen LogP contribution in [0.1, 0.15) is 30.6 Å². The molecule has 1 N–H and O–H groups in total. The number of hydrogen-bond donors (Lipinski definition) is 1. The Morgan fingerprint density at radius 2 is 1.68 bits per heavy atom. The largest absolute Gasteiger partial charge is 0.493 e. The second-order valence-electron chi connectivity index (χ2n) is 4.31. The van der Waals surface area contributed by atoms with E-state index in [4.69, 9.17) is 4.74 Å². The molecule has 0 saturated carbocycles. The summed E-state index contributed by atoms with van der Waals surface area (Å²) >= 11 is 3.47. The van der Waals surface area contributed by atoms with Crippen LogP contribution in [0.3, 0.4) is 0 Å². The fourth-order valence-electron chi connectivity index (χ4n) is 1.91. The quantitative estimate of drug-likeness (QED) is 0.889. The molecular weight excluding hydrogens is 304 g/mol. The van der Waals surface area contributed by atoms with Crippen LogP contribution in [0.25, 0.3) is 0 Å². The first-order valence-electron chi connectivity index (χ1n) is 6.38. The molecule has 0 aliphatic rings. The van der Waals surface area contributed by atoms with Crippen LogP contribution >= 0.6 is 15.9 Å². The molecule has 1 unspecified atom stereocenters. The predicted molar refractivity (Wildman–Crippen MR) is 80.4 cm³/mol. The highest BCUT2D eigenvalue weighted by atomic mass is 79.9. The molecule has 0 bridgehead atoms. The number of ether oxygens (including phenoxy) is 1. The molecule has 0 amide bonds. The summed E-state index contributed by atoms with van der Waals surface area (Å²) in [6.07, 6.45) is 0.253. The van der Waals surface area contributed by atoms with E-state index in [1.54, 1.807) is 0 Å². The minimum atomic E-state index is -0.691. The third-order valence-electron chi connectivity index (χ3n) is 2.88. The summed E-state index contributed by atoms with van der Waals surface area (Å²) in [7, 11) is 0. The average molecular weight is 321 g/mol. The van der Waals surface area contributed by atoms with E-state index in [0.717, 1.165) is 27.8 Å². The van der Waals surface area contributed by atoms with Gasteiger partial charge >= 0.3 is 0 Å². The first-order chi connectivity index (χ1) is 9.24. The van der Waals surface area contributed by atoms with Gasteiger partial charge in [-0.05, 0) is 24.1 Å².